The minimum atomic E-state index is -0.236. The van der Waals surface area contributed by atoms with Crippen LogP contribution in [0.4, 0.5) is 0 Å². The van der Waals surface area contributed by atoms with Crippen LogP contribution in [0.3, 0.4) is 0 Å². The summed E-state index contributed by atoms with van der Waals surface area (Å²) in [5, 5.41) is 3.31. The molecule has 2 rings (SSSR count). The maximum absolute atomic E-state index is 12.1. The van der Waals surface area contributed by atoms with E-state index in [9.17, 15) is 9.59 Å². The SMILES string of the molecule is CN(CC(=O)NCc1ccco1)C(=O)CSc1ccccc1Cl. The Morgan fingerprint density at radius 2 is 2.04 bits per heavy atom. The Morgan fingerprint density at radius 1 is 1.26 bits per heavy atom. The number of hydrogen-bond acceptors (Lipinski definition) is 4. The van der Waals surface area contributed by atoms with E-state index in [0.717, 1.165) is 4.90 Å². The molecule has 122 valence electrons. The Labute approximate surface area is 144 Å². The highest BCUT2D eigenvalue weighted by atomic mass is 35.5. The molecule has 1 heterocycles. The van der Waals surface area contributed by atoms with E-state index >= 15 is 0 Å². The summed E-state index contributed by atoms with van der Waals surface area (Å²) in [4.78, 5) is 26.1. The highest BCUT2D eigenvalue weighted by molar-refractivity contribution is 8.00. The third-order valence-electron chi connectivity index (χ3n) is 3.03. The molecule has 23 heavy (non-hydrogen) atoms. The Kier molecular flexibility index (Phi) is 6.55. The number of thioether (sulfide) groups is 1. The van der Waals surface area contributed by atoms with Crippen molar-refractivity contribution in [2.45, 2.75) is 11.4 Å². The summed E-state index contributed by atoms with van der Waals surface area (Å²) in [5.74, 6) is 0.524. The molecule has 0 spiro atoms. The molecule has 0 saturated carbocycles. The molecular formula is C16H17ClN2O3S. The largest absolute Gasteiger partial charge is 0.467 e. The first kappa shape index (κ1) is 17.4. The van der Waals surface area contributed by atoms with E-state index in [2.05, 4.69) is 5.32 Å². The van der Waals surface area contributed by atoms with E-state index in [-0.39, 0.29) is 24.1 Å². The molecule has 1 aromatic carbocycles. The molecule has 2 aromatic rings. The van der Waals surface area contributed by atoms with Crippen molar-refractivity contribution < 1.29 is 14.0 Å². The number of rotatable bonds is 7. The van der Waals surface area contributed by atoms with Crippen LogP contribution in [0.1, 0.15) is 5.76 Å². The Balaban J connectivity index is 1.73. The smallest absolute Gasteiger partial charge is 0.239 e. The maximum Gasteiger partial charge on any atom is 0.239 e. The van der Waals surface area contributed by atoms with Crippen LogP contribution in [0, 0.1) is 0 Å². The predicted octanol–water partition coefficient (Wildman–Crippen LogP) is 2.80. The first-order valence-electron chi connectivity index (χ1n) is 6.96. The monoisotopic (exact) mass is 352 g/mol. The number of furan rings is 1. The molecule has 5 nitrogen and oxygen atoms in total. The third-order valence-corrected chi connectivity index (χ3v) is 4.53. The van der Waals surface area contributed by atoms with Crippen molar-refractivity contribution in [1.82, 2.24) is 10.2 Å². The molecule has 0 fully saturated rings. The van der Waals surface area contributed by atoms with Gasteiger partial charge in [-0.3, -0.25) is 9.59 Å². The number of nitrogens with one attached hydrogen (secondary N) is 1. The van der Waals surface area contributed by atoms with Gasteiger partial charge >= 0.3 is 0 Å². The lowest BCUT2D eigenvalue weighted by Gasteiger charge is -2.16. The van der Waals surface area contributed by atoms with E-state index in [0.29, 0.717) is 17.3 Å². The molecule has 2 amide bonds. The average Bonchev–Trinajstić information content (AvgIpc) is 3.05. The van der Waals surface area contributed by atoms with Gasteiger partial charge in [-0.15, -0.1) is 11.8 Å². The molecule has 1 aromatic heterocycles. The van der Waals surface area contributed by atoms with Crippen molar-refractivity contribution in [2.24, 2.45) is 0 Å². The van der Waals surface area contributed by atoms with Gasteiger partial charge in [-0.2, -0.15) is 0 Å². The quantitative estimate of drug-likeness (QED) is 0.778. The number of carbonyl (C=O) groups excluding carboxylic acids is 2. The van der Waals surface area contributed by atoms with Crippen molar-refractivity contribution >= 4 is 35.2 Å². The van der Waals surface area contributed by atoms with Crippen molar-refractivity contribution in [2.75, 3.05) is 19.3 Å². The Hall–Kier alpha value is -1.92. The lowest BCUT2D eigenvalue weighted by Crippen LogP contribution is -2.38. The highest BCUT2D eigenvalue weighted by Gasteiger charge is 2.14. The van der Waals surface area contributed by atoms with E-state index in [1.807, 2.05) is 18.2 Å². The molecule has 0 bridgehead atoms. The minimum Gasteiger partial charge on any atom is -0.467 e. The summed E-state index contributed by atoms with van der Waals surface area (Å²) < 4.78 is 5.12. The Bertz CT molecular complexity index is 661. The molecular weight excluding hydrogens is 336 g/mol. The fourth-order valence-electron chi connectivity index (χ4n) is 1.77. The van der Waals surface area contributed by atoms with Gasteiger partial charge < -0.3 is 14.6 Å². The number of halogens is 1. The van der Waals surface area contributed by atoms with Gasteiger partial charge in [0.1, 0.15) is 5.76 Å². The maximum atomic E-state index is 12.1. The summed E-state index contributed by atoms with van der Waals surface area (Å²) in [6, 6.07) is 10.9. The standard InChI is InChI=1S/C16H17ClN2O3S/c1-19(10-15(20)18-9-12-5-4-8-22-12)16(21)11-23-14-7-3-2-6-13(14)17/h2-8H,9-11H2,1H3,(H,18,20). The van der Waals surface area contributed by atoms with Gasteiger partial charge in [0.15, 0.2) is 0 Å². The second-order valence-electron chi connectivity index (χ2n) is 4.82. The van der Waals surface area contributed by atoms with Crippen molar-refractivity contribution in [3.8, 4) is 0 Å². The lowest BCUT2D eigenvalue weighted by molar-refractivity contribution is -0.132. The van der Waals surface area contributed by atoms with Crippen molar-refractivity contribution in [3.63, 3.8) is 0 Å². The average molecular weight is 353 g/mol. The summed E-state index contributed by atoms with van der Waals surface area (Å²) >= 11 is 7.40. The second-order valence-corrected chi connectivity index (χ2v) is 6.25. The van der Waals surface area contributed by atoms with Gasteiger partial charge in [-0.05, 0) is 24.3 Å². The first-order valence-corrected chi connectivity index (χ1v) is 8.33. The van der Waals surface area contributed by atoms with E-state index < -0.39 is 0 Å². The van der Waals surface area contributed by atoms with Crippen LogP contribution >= 0.6 is 23.4 Å². The summed E-state index contributed by atoms with van der Waals surface area (Å²) in [6.07, 6.45) is 1.54. The van der Waals surface area contributed by atoms with Gasteiger partial charge in [0.2, 0.25) is 11.8 Å². The van der Waals surface area contributed by atoms with Crippen molar-refractivity contribution in [1.29, 1.82) is 0 Å². The van der Waals surface area contributed by atoms with Crippen LogP contribution in [-0.4, -0.2) is 36.1 Å². The van der Waals surface area contributed by atoms with E-state index in [4.69, 9.17) is 16.0 Å². The molecule has 0 aliphatic heterocycles. The zero-order chi connectivity index (χ0) is 16.7. The number of amides is 2. The number of likely N-dealkylation sites (N-methyl/N-ethyl adjacent to an activating group) is 1. The van der Waals surface area contributed by atoms with Gasteiger partial charge in [0.25, 0.3) is 0 Å². The molecule has 7 heteroatoms. The summed E-state index contributed by atoms with van der Waals surface area (Å²) in [6.45, 7) is 0.310. The van der Waals surface area contributed by atoms with Gasteiger partial charge in [-0.25, -0.2) is 0 Å². The molecule has 0 saturated heterocycles. The van der Waals surface area contributed by atoms with Crippen LogP contribution in [0.15, 0.2) is 52.0 Å². The van der Waals surface area contributed by atoms with Gasteiger partial charge in [0.05, 0.1) is 30.1 Å². The zero-order valence-corrected chi connectivity index (χ0v) is 14.2. The molecule has 0 radical (unpaired) electrons. The fourth-order valence-corrected chi connectivity index (χ4v) is 2.95. The molecule has 0 aliphatic rings. The normalized spacial score (nSPS) is 10.3. The van der Waals surface area contributed by atoms with Crippen LogP contribution in [-0.2, 0) is 16.1 Å². The van der Waals surface area contributed by atoms with E-state index in [1.165, 1.54) is 16.7 Å². The van der Waals surface area contributed by atoms with Crippen molar-refractivity contribution in [3.05, 3.63) is 53.4 Å². The molecule has 0 unspecified atom stereocenters. The molecule has 1 N–H and O–H groups in total. The fraction of sp³-hybridized carbons (Fsp3) is 0.250. The Morgan fingerprint density at radius 3 is 2.74 bits per heavy atom. The topological polar surface area (TPSA) is 62.6 Å². The summed E-state index contributed by atoms with van der Waals surface area (Å²) in [5.41, 5.74) is 0. The van der Waals surface area contributed by atoms with Crippen LogP contribution in [0.5, 0.6) is 0 Å². The molecule has 0 aliphatic carbocycles. The van der Waals surface area contributed by atoms with Gasteiger partial charge in [-0.1, -0.05) is 23.7 Å². The predicted molar refractivity (Wildman–Crippen MR) is 90.4 cm³/mol. The number of nitrogens with zero attached hydrogens (tertiary/aromatic N) is 1. The third kappa shape index (κ3) is 5.65. The zero-order valence-electron chi connectivity index (χ0n) is 12.6. The lowest BCUT2D eigenvalue weighted by atomic mass is 10.4. The van der Waals surface area contributed by atoms with Crippen LogP contribution in [0.2, 0.25) is 5.02 Å². The second kappa shape index (κ2) is 8.64. The minimum absolute atomic E-state index is 0.00260. The highest BCUT2D eigenvalue weighted by Crippen LogP contribution is 2.26. The number of benzene rings is 1. The van der Waals surface area contributed by atoms with Crippen LogP contribution in [0.25, 0.3) is 0 Å². The summed E-state index contributed by atoms with van der Waals surface area (Å²) in [7, 11) is 1.60. The van der Waals surface area contributed by atoms with E-state index in [1.54, 1.807) is 31.5 Å². The van der Waals surface area contributed by atoms with Gasteiger partial charge in [0, 0.05) is 11.9 Å². The molecule has 0 atom stereocenters. The first-order chi connectivity index (χ1) is 11.1. The van der Waals surface area contributed by atoms with Crippen LogP contribution < -0.4 is 5.32 Å². The number of hydrogen-bond donors (Lipinski definition) is 1. The number of carbonyl (C=O) groups is 2.